The molecule has 0 N–H and O–H groups in total. The standard InChI is InChI=1S/C16H21BrN2O4S/c1-12-11-13(4-5-14(12)17)24(21,22)19-8-6-18(7-9-19)16(20)15-3-2-10-23-15/h4-5,11,15H,2-3,6-10H2,1H3/t15-/m0/s1. The quantitative estimate of drug-likeness (QED) is 0.752. The molecule has 2 fully saturated rings. The second-order valence-electron chi connectivity index (χ2n) is 6.14. The van der Waals surface area contributed by atoms with Gasteiger partial charge in [-0.1, -0.05) is 15.9 Å². The summed E-state index contributed by atoms with van der Waals surface area (Å²) in [5.74, 6) is -0.0102. The molecule has 0 unspecified atom stereocenters. The van der Waals surface area contributed by atoms with Crippen molar-refractivity contribution in [3.63, 3.8) is 0 Å². The number of ether oxygens (including phenoxy) is 1. The highest BCUT2D eigenvalue weighted by Crippen LogP contribution is 2.24. The Kier molecular flexibility index (Phi) is 5.29. The van der Waals surface area contributed by atoms with Gasteiger partial charge >= 0.3 is 0 Å². The number of sulfonamides is 1. The number of benzene rings is 1. The summed E-state index contributed by atoms with van der Waals surface area (Å²) in [4.78, 5) is 14.3. The number of rotatable bonds is 3. The predicted octanol–water partition coefficient (Wildman–Crippen LogP) is 1.77. The van der Waals surface area contributed by atoms with E-state index in [9.17, 15) is 13.2 Å². The number of halogens is 1. The van der Waals surface area contributed by atoms with Gasteiger partial charge in [-0.3, -0.25) is 4.79 Å². The van der Waals surface area contributed by atoms with Crippen molar-refractivity contribution in [3.8, 4) is 0 Å². The van der Waals surface area contributed by atoms with Crippen LogP contribution in [0.2, 0.25) is 0 Å². The molecule has 0 radical (unpaired) electrons. The topological polar surface area (TPSA) is 66.9 Å². The van der Waals surface area contributed by atoms with Gasteiger partial charge in [0.05, 0.1) is 4.90 Å². The van der Waals surface area contributed by atoms with E-state index in [0.717, 1.165) is 22.9 Å². The van der Waals surface area contributed by atoms with Crippen molar-refractivity contribution < 1.29 is 17.9 Å². The van der Waals surface area contributed by atoms with Gasteiger partial charge in [0.2, 0.25) is 10.0 Å². The minimum atomic E-state index is -3.53. The Morgan fingerprint density at radius 2 is 1.96 bits per heavy atom. The third kappa shape index (κ3) is 3.51. The Labute approximate surface area is 150 Å². The minimum absolute atomic E-state index is 0.0102. The lowest BCUT2D eigenvalue weighted by molar-refractivity contribution is -0.142. The fraction of sp³-hybridized carbons (Fsp3) is 0.562. The second-order valence-corrected chi connectivity index (χ2v) is 8.93. The maximum Gasteiger partial charge on any atom is 0.251 e. The number of piperazine rings is 1. The first-order valence-electron chi connectivity index (χ1n) is 8.06. The van der Waals surface area contributed by atoms with E-state index in [2.05, 4.69) is 15.9 Å². The van der Waals surface area contributed by atoms with Crippen LogP contribution >= 0.6 is 15.9 Å². The third-order valence-corrected chi connectivity index (χ3v) is 7.31. The molecule has 1 atom stereocenters. The molecule has 0 aromatic heterocycles. The lowest BCUT2D eigenvalue weighted by atomic mass is 10.2. The highest BCUT2D eigenvalue weighted by molar-refractivity contribution is 9.10. The molecule has 1 aromatic rings. The third-order valence-electron chi connectivity index (χ3n) is 4.52. The Morgan fingerprint density at radius 3 is 2.54 bits per heavy atom. The monoisotopic (exact) mass is 416 g/mol. The number of hydrogen-bond acceptors (Lipinski definition) is 4. The van der Waals surface area contributed by atoms with Crippen LogP contribution in [-0.4, -0.2) is 62.4 Å². The van der Waals surface area contributed by atoms with Crippen LogP contribution in [0.1, 0.15) is 18.4 Å². The van der Waals surface area contributed by atoms with E-state index in [0.29, 0.717) is 37.7 Å². The highest BCUT2D eigenvalue weighted by Gasteiger charge is 2.34. The summed E-state index contributed by atoms with van der Waals surface area (Å²) in [7, 11) is -3.53. The van der Waals surface area contributed by atoms with E-state index >= 15 is 0 Å². The molecule has 24 heavy (non-hydrogen) atoms. The van der Waals surface area contributed by atoms with Gasteiger partial charge in [0.15, 0.2) is 0 Å². The Morgan fingerprint density at radius 1 is 1.25 bits per heavy atom. The van der Waals surface area contributed by atoms with E-state index in [1.54, 1.807) is 23.1 Å². The van der Waals surface area contributed by atoms with E-state index in [1.165, 1.54) is 4.31 Å². The van der Waals surface area contributed by atoms with Crippen molar-refractivity contribution in [3.05, 3.63) is 28.2 Å². The molecule has 1 amide bonds. The number of amides is 1. The van der Waals surface area contributed by atoms with Gasteiger partial charge in [-0.15, -0.1) is 0 Å². The number of carbonyl (C=O) groups is 1. The van der Waals surface area contributed by atoms with Crippen LogP contribution in [0.5, 0.6) is 0 Å². The van der Waals surface area contributed by atoms with E-state index in [4.69, 9.17) is 4.74 Å². The van der Waals surface area contributed by atoms with E-state index in [1.807, 2.05) is 6.92 Å². The minimum Gasteiger partial charge on any atom is -0.368 e. The zero-order valence-corrected chi connectivity index (χ0v) is 16.0. The molecular weight excluding hydrogens is 396 g/mol. The van der Waals surface area contributed by atoms with Gasteiger partial charge < -0.3 is 9.64 Å². The SMILES string of the molecule is Cc1cc(S(=O)(=O)N2CCN(C(=O)[C@@H]3CCCO3)CC2)ccc1Br. The summed E-state index contributed by atoms with van der Waals surface area (Å²) in [5.41, 5.74) is 0.878. The Bertz CT molecular complexity index is 724. The molecule has 0 spiro atoms. The largest absolute Gasteiger partial charge is 0.368 e. The molecule has 2 heterocycles. The van der Waals surface area contributed by atoms with Crippen LogP contribution in [0, 0.1) is 6.92 Å². The molecular formula is C16H21BrN2O4S. The number of nitrogens with zero attached hydrogens (tertiary/aromatic N) is 2. The summed E-state index contributed by atoms with van der Waals surface area (Å²) in [6.45, 7) is 3.95. The molecule has 0 saturated carbocycles. The van der Waals surface area contributed by atoms with Crippen molar-refractivity contribution in [2.45, 2.75) is 30.8 Å². The van der Waals surface area contributed by atoms with Gasteiger partial charge in [-0.05, 0) is 43.5 Å². The first kappa shape index (κ1) is 17.8. The molecule has 2 saturated heterocycles. The van der Waals surface area contributed by atoms with Crippen molar-refractivity contribution in [1.29, 1.82) is 0 Å². The summed E-state index contributed by atoms with van der Waals surface area (Å²) >= 11 is 3.38. The summed E-state index contributed by atoms with van der Waals surface area (Å²) < 4.78 is 33.3. The van der Waals surface area contributed by atoms with Crippen LogP contribution in [0.25, 0.3) is 0 Å². The van der Waals surface area contributed by atoms with Gasteiger partial charge in [0.25, 0.3) is 5.91 Å². The van der Waals surface area contributed by atoms with Gasteiger partial charge in [-0.2, -0.15) is 4.31 Å². The number of aryl methyl sites for hydroxylation is 1. The average Bonchev–Trinajstić information content (AvgIpc) is 3.11. The van der Waals surface area contributed by atoms with Crippen molar-refractivity contribution in [2.75, 3.05) is 32.8 Å². The molecule has 3 rings (SSSR count). The molecule has 1 aromatic carbocycles. The van der Waals surface area contributed by atoms with Crippen molar-refractivity contribution >= 4 is 31.9 Å². The van der Waals surface area contributed by atoms with Crippen molar-refractivity contribution in [2.24, 2.45) is 0 Å². The second kappa shape index (κ2) is 7.11. The molecule has 0 aliphatic carbocycles. The lowest BCUT2D eigenvalue weighted by Crippen LogP contribution is -2.52. The average molecular weight is 417 g/mol. The van der Waals surface area contributed by atoms with Gasteiger partial charge in [-0.25, -0.2) is 8.42 Å². The zero-order chi connectivity index (χ0) is 17.3. The van der Waals surface area contributed by atoms with Gasteiger partial charge in [0.1, 0.15) is 6.10 Å². The lowest BCUT2D eigenvalue weighted by Gasteiger charge is -2.35. The highest BCUT2D eigenvalue weighted by atomic mass is 79.9. The Hall–Kier alpha value is -0.960. The summed E-state index contributed by atoms with van der Waals surface area (Å²) in [6.07, 6.45) is 1.32. The molecule has 2 aliphatic rings. The number of hydrogen-bond donors (Lipinski definition) is 0. The molecule has 8 heteroatoms. The number of carbonyl (C=O) groups excluding carboxylic acids is 1. The normalized spacial score (nSPS) is 22.8. The predicted molar refractivity (Wildman–Crippen MR) is 93.2 cm³/mol. The smallest absolute Gasteiger partial charge is 0.251 e. The molecule has 6 nitrogen and oxygen atoms in total. The van der Waals surface area contributed by atoms with Crippen LogP contribution < -0.4 is 0 Å². The van der Waals surface area contributed by atoms with Gasteiger partial charge in [0, 0.05) is 37.3 Å². The summed E-state index contributed by atoms with van der Waals surface area (Å²) in [6, 6.07) is 5.03. The Balaban J connectivity index is 1.67. The zero-order valence-electron chi connectivity index (χ0n) is 13.6. The van der Waals surface area contributed by atoms with Crippen LogP contribution in [-0.2, 0) is 19.6 Å². The molecule has 132 valence electrons. The molecule has 2 aliphatic heterocycles. The fourth-order valence-electron chi connectivity index (χ4n) is 3.05. The van der Waals surface area contributed by atoms with Crippen molar-refractivity contribution in [1.82, 2.24) is 9.21 Å². The van der Waals surface area contributed by atoms with E-state index in [-0.39, 0.29) is 12.0 Å². The molecule has 0 bridgehead atoms. The fourth-order valence-corrected chi connectivity index (χ4v) is 4.81. The summed E-state index contributed by atoms with van der Waals surface area (Å²) in [5, 5.41) is 0. The van der Waals surface area contributed by atoms with Crippen LogP contribution in [0.3, 0.4) is 0 Å². The maximum absolute atomic E-state index is 12.8. The first-order valence-corrected chi connectivity index (χ1v) is 10.3. The van der Waals surface area contributed by atoms with E-state index < -0.39 is 10.0 Å². The van der Waals surface area contributed by atoms with Crippen LogP contribution in [0.15, 0.2) is 27.6 Å². The maximum atomic E-state index is 12.8. The van der Waals surface area contributed by atoms with Crippen LogP contribution in [0.4, 0.5) is 0 Å². The first-order chi connectivity index (χ1) is 11.4.